The van der Waals surface area contributed by atoms with Gasteiger partial charge in [-0.3, -0.25) is 4.68 Å². The molecule has 20 heavy (non-hydrogen) atoms. The molecular weight excluding hydrogens is 260 g/mol. The van der Waals surface area contributed by atoms with Crippen LogP contribution in [0.3, 0.4) is 0 Å². The number of ether oxygens (including phenoxy) is 1. The van der Waals surface area contributed by atoms with Gasteiger partial charge in [-0.2, -0.15) is 10.2 Å². The molecule has 2 aromatic heterocycles. The third-order valence-electron chi connectivity index (χ3n) is 2.93. The van der Waals surface area contributed by atoms with Crippen LogP contribution >= 0.6 is 0 Å². The van der Waals surface area contributed by atoms with Crippen LogP contribution in [0.1, 0.15) is 35.4 Å². The molecule has 0 aliphatic carbocycles. The molecule has 2 N–H and O–H groups in total. The van der Waals surface area contributed by atoms with Crippen LogP contribution in [-0.4, -0.2) is 30.5 Å². The molecule has 0 amide bonds. The summed E-state index contributed by atoms with van der Waals surface area (Å²) in [7, 11) is 1.65. The first-order valence-electron chi connectivity index (χ1n) is 6.37. The number of aryl methyl sites for hydroxylation is 3. The van der Waals surface area contributed by atoms with Crippen molar-refractivity contribution in [1.82, 2.24) is 24.5 Å². The van der Waals surface area contributed by atoms with E-state index in [0.717, 1.165) is 13.0 Å². The summed E-state index contributed by atoms with van der Waals surface area (Å²) in [6.07, 6.45) is 2.37. The number of nitrogens with zero attached hydrogens (tertiary/aromatic N) is 5. The predicted octanol–water partition coefficient (Wildman–Crippen LogP) is 0.669. The van der Waals surface area contributed by atoms with Gasteiger partial charge in [0.1, 0.15) is 6.33 Å². The zero-order valence-corrected chi connectivity index (χ0v) is 11.8. The Bertz CT molecular complexity index is 615. The summed E-state index contributed by atoms with van der Waals surface area (Å²) in [5, 5.41) is 8.15. The van der Waals surface area contributed by atoms with Crippen molar-refractivity contribution in [2.45, 2.75) is 33.4 Å². The Labute approximate surface area is 116 Å². The lowest BCUT2D eigenvalue weighted by Crippen LogP contribution is -2.15. The van der Waals surface area contributed by atoms with Crippen LogP contribution in [0.15, 0.2) is 6.33 Å². The Morgan fingerprint density at radius 1 is 1.50 bits per heavy atom. The molecule has 8 heteroatoms. The van der Waals surface area contributed by atoms with Crippen molar-refractivity contribution in [2.75, 3.05) is 5.73 Å². The lowest BCUT2D eigenvalue weighted by Gasteiger charge is -2.07. The summed E-state index contributed by atoms with van der Waals surface area (Å²) >= 11 is 0. The van der Waals surface area contributed by atoms with E-state index in [2.05, 4.69) is 15.2 Å². The number of nitrogen functional groups attached to an aromatic ring is 1. The van der Waals surface area contributed by atoms with Gasteiger partial charge < -0.3 is 10.5 Å². The first-order valence-corrected chi connectivity index (χ1v) is 6.37. The normalized spacial score (nSPS) is 10.8. The molecule has 0 aliphatic rings. The summed E-state index contributed by atoms with van der Waals surface area (Å²) < 4.78 is 8.37. The van der Waals surface area contributed by atoms with Crippen molar-refractivity contribution in [3.63, 3.8) is 0 Å². The molecular formula is C12H18N6O2. The molecule has 2 aromatic rings. The number of hydrogen-bond acceptors (Lipinski definition) is 6. The van der Waals surface area contributed by atoms with Crippen molar-refractivity contribution in [2.24, 2.45) is 7.05 Å². The topological polar surface area (TPSA) is 101 Å². The Hall–Kier alpha value is -2.38. The number of anilines is 1. The SMILES string of the molecule is CCCn1ncnc1COC(=O)c1c(N)c(C)nn1C. The first kappa shape index (κ1) is 14.0. The number of hydrogen-bond donors (Lipinski definition) is 1. The molecule has 0 aliphatic heterocycles. The van der Waals surface area contributed by atoms with E-state index in [-0.39, 0.29) is 12.3 Å². The van der Waals surface area contributed by atoms with Crippen molar-refractivity contribution >= 4 is 11.7 Å². The highest BCUT2D eigenvalue weighted by atomic mass is 16.5. The maximum Gasteiger partial charge on any atom is 0.359 e. The zero-order valence-electron chi connectivity index (χ0n) is 11.8. The molecule has 0 atom stereocenters. The molecule has 0 radical (unpaired) electrons. The van der Waals surface area contributed by atoms with Gasteiger partial charge >= 0.3 is 5.97 Å². The fraction of sp³-hybridized carbons (Fsp3) is 0.500. The van der Waals surface area contributed by atoms with Gasteiger partial charge in [-0.05, 0) is 13.3 Å². The van der Waals surface area contributed by atoms with Gasteiger partial charge in [0.2, 0.25) is 0 Å². The number of carbonyl (C=O) groups is 1. The molecule has 2 rings (SSSR count). The summed E-state index contributed by atoms with van der Waals surface area (Å²) in [4.78, 5) is 16.1. The highest BCUT2D eigenvalue weighted by Crippen LogP contribution is 2.16. The van der Waals surface area contributed by atoms with E-state index in [1.807, 2.05) is 6.92 Å². The van der Waals surface area contributed by atoms with Crippen LogP contribution in [-0.2, 0) is 24.9 Å². The van der Waals surface area contributed by atoms with Gasteiger partial charge in [0.15, 0.2) is 18.1 Å². The molecule has 0 spiro atoms. The van der Waals surface area contributed by atoms with Gasteiger partial charge in [-0.25, -0.2) is 14.5 Å². The lowest BCUT2D eigenvalue weighted by molar-refractivity contribution is 0.0445. The highest BCUT2D eigenvalue weighted by molar-refractivity contribution is 5.93. The molecule has 2 heterocycles. The van der Waals surface area contributed by atoms with Crippen molar-refractivity contribution in [3.05, 3.63) is 23.5 Å². The lowest BCUT2D eigenvalue weighted by atomic mass is 10.3. The first-order chi connectivity index (χ1) is 9.54. The molecule has 108 valence electrons. The second kappa shape index (κ2) is 5.72. The largest absolute Gasteiger partial charge is 0.453 e. The van der Waals surface area contributed by atoms with E-state index in [4.69, 9.17) is 10.5 Å². The zero-order chi connectivity index (χ0) is 14.7. The van der Waals surface area contributed by atoms with E-state index in [1.54, 1.807) is 18.7 Å². The van der Waals surface area contributed by atoms with Gasteiger partial charge in [0.25, 0.3) is 0 Å². The van der Waals surface area contributed by atoms with Crippen LogP contribution in [0.5, 0.6) is 0 Å². The molecule has 8 nitrogen and oxygen atoms in total. The van der Waals surface area contributed by atoms with Crippen LogP contribution in [0, 0.1) is 6.92 Å². The minimum atomic E-state index is -0.517. The fourth-order valence-electron chi connectivity index (χ4n) is 1.91. The minimum absolute atomic E-state index is 0.0580. The van der Waals surface area contributed by atoms with Gasteiger partial charge in [0.05, 0.1) is 11.4 Å². The maximum absolute atomic E-state index is 12.0. The summed E-state index contributed by atoms with van der Waals surface area (Å²) in [6.45, 7) is 4.57. The summed E-state index contributed by atoms with van der Waals surface area (Å²) in [5.41, 5.74) is 7.01. The Morgan fingerprint density at radius 2 is 2.25 bits per heavy atom. The molecule has 0 saturated heterocycles. The van der Waals surface area contributed by atoms with Gasteiger partial charge in [-0.1, -0.05) is 6.92 Å². The van der Waals surface area contributed by atoms with Gasteiger partial charge in [0, 0.05) is 13.6 Å². The van der Waals surface area contributed by atoms with E-state index >= 15 is 0 Å². The van der Waals surface area contributed by atoms with E-state index in [1.165, 1.54) is 11.0 Å². The smallest absolute Gasteiger partial charge is 0.359 e. The monoisotopic (exact) mass is 278 g/mol. The average Bonchev–Trinajstić information content (AvgIpc) is 2.93. The third-order valence-corrected chi connectivity index (χ3v) is 2.93. The average molecular weight is 278 g/mol. The van der Waals surface area contributed by atoms with Crippen molar-refractivity contribution < 1.29 is 9.53 Å². The molecule has 0 aromatic carbocycles. The Kier molecular flexibility index (Phi) is 4.02. The quantitative estimate of drug-likeness (QED) is 0.807. The number of aromatic nitrogens is 5. The van der Waals surface area contributed by atoms with E-state index in [0.29, 0.717) is 17.2 Å². The Balaban J connectivity index is 2.07. The standard InChI is InChI=1S/C12H18N6O2/c1-4-5-18-9(14-7-15-18)6-20-12(19)11-10(13)8(2)16-17(11)3/h7H,4-6,13H2,1-3H3. The third kappa shape index (κ3) is 2.63. The van der Waals surface area contributed by atoms with Crippen LogP contribution in [0.2, 0.25) is 0 Å². The summed E-state index contributed by atoms with van der Waals surface area (Å²) in [5.74, 6) is 0.0920. The predicted molar refractivity (Wildman–Crippen MR) is 71.8 cm³/mol. The van der Waals surface area contributed by atoms with Crippen molar-refractivity contribution in [1.29, 1.82) is 0 Å². The van der Waals surface area contributed by atoms with E-state index < -0.39 is 5.97 Å². The van der Waals surface area contributed by atoms with E-state index in [9.17, 15) is 4.79 Å². The van der Waals surface area contributed by atoms with Crippen LogP contribution < -0.4 is 5.73 Å². The molecule has 0 fully saturated rings. The van der Waals surface area contributed by atoms with Crippen LogP contribution in [0.25, 0.3) is 0 Å². The van der Waals surface area contributed by atoms with Gasteiger partial charge in [-0.15, -0.1) is 0 Å². The van der Waals surface area contributed by atoms with Crippen molar-refractivity contribution in [3.8, 4) is 0 Å². The number of rotatable bonds is 5. The number of carbonyl (C=O) groups excluding carboxylic acids is 1. The second-order valence-corrected chi connectivity index (χ2v) is 4.45. The second-order valence-electron chi connectivity index (χ2n) is 4.45. The molecule has 0 saturated carbocycles. The highest BCUT2D eigenvalue weighted by Gasteiger charge is 2.20. The maximum atomic E-state index is 12.0. The minimum Gasteiger partial charge on any atom is -0.453 e. The fourth-order valence-corrected chi connectivity index (χ4v) is 1.91. The molecule has 0 bridgehead atoms. The molecule has 0 unspecified atom stereocenters. The van der Waals surface area contributed by atoms with Crippen LogP contribution in [0.4, 0.5) is 5.69 Å². The number of nitrogens with two attached hydrogens (primary N) is 1. The Morgan fingerprint density at radius 3 is 2.85 bits per heavy atom. The summed E-state index contributed by atoms with van der Waals surface area (Å²) in [6, 6.07) is 0. The number of esters is 1.